The van der Waals surface area contributed by atoms with E-state index in [2.05, 4.69) is 10.3 Å². The number of hydrogen-bond acceptors (Lipinski definition) is 14. The number of sulfone groups is 3. The van der Waals surface area contributed by atoms with Crippen LogP contribution in [0.15, 0.2) is 175 Å². The lowest BCUT2D eigenvalue weighted by molar-refractivity contribution is 0.0269. The summed E-state index contributed by atoms with van der Waals surface area (Å²) in [7, 11) is -3.64. The Labute approximate surface area is 510 Å². The van der Waals surface area contributed by atoms with Crippen molar-refractivity contribution in [3.8, 4) is 17.2 Å². The Morgan fingerprint density at radius 1 is 0.489 bits per heavy atom. The number of likely N-dealkylation sites (N-methyl/N-ethyl adjacent to an activating group) is 3. The average Bonchev–Trinajstić information content (AvgIpc) is 2.19. The van der Waals surface area contributed by atoms with E-state index in [1.165, 1.54) is 83.0 Å². The van der Waals surface area contributed by atoms with Crippen LogP contribution >= 0.6 is 0 Å². The zero-order valence-electron chi connectivity index (χ0n) is 50.6. The first-order chi connectivity index (χ1) is 41.4. The molecule has 6 aromatic carbocycles. The molecular formula is C63H71F3N6O13S3. The Balaban J connectivity index is 0.000000190. The molecule has 0 saturated carbocycles. The second-order valence-corrected chi connectivity index (χ2v) is 27.8. The summed E-state index contributed by atoms with van der Waals surface area (Å²) in [5.41, 5.74) is 0.497. The zero-order valence-corrected chi connectivity index (χ0v) is 53.0. The van der Waals surface area contributed by atoms with E-state index >= 15 is 0 Å². The number of amides is 2. The fourth-order valence-electron chi connectivity index (χ4n) is 8.95. The number of nitrogens with zero attached hydrogens (tertiary/aromatic N) is 4. The number of benzene rings is 6. The van der Waals surface area contributed by atoms with Gasteiger partial charge in [0.1, 0.15) is 80.4 Å². The molecule has 19 nitrogen and oxygen atoms in total. The molecule has 0 aliphatic heterocycles. The van der Waals surface area contributed by atoms with E-state index in [4.69, 9.17) is 23.7 Å². The van der Waals surface area contributed by atoms with Crippen molar-refractivity contribution in [1.82, 2.24) is 29.2 Å². The van der Waals surface area contributed by atoms with E-state index in [-0.39, 0.29) is 55.7 Å². The highest BCUT2D eigenvalue weighted by atomic mass is 32.2. The third-order valence-corrected chi connectivity index (χ3v) is 18.6. The fraction of sp³-hybridized carbons (Fsp3) is 0.302. The molecule has 0 aliphatic rings. The van der Waals surface area contributed by atoms with Gasteiger partial charge in [-0.1, -0.05) is 72.8 Å². The molecule has 2 amide bonds. The molecule has 0 bridgehead atoms. The summed E-state index contributed by atoms with van der Waals surface area (Å²) in [6, 6.07) is 31.2. The van der Waals surface area contributed by atoms with Crippen molar-refractivity contribution in [3.63, 3.8) is 0 Å². The van der Waals surface area contributed by atoms with Crippen LogP contribution in [-0.4, -0.2) is 133 Å². The van der Waals surface area contributed by atoms with Crippen LogP contribution < -0.4 is 19.5 Å². The van der Waals surface area contributed by atoms with Crippen molar-refractivity contribution < 1.29 is 71.7 Å². The molecule has 0 fully saturated rings. The van der Waals surface area contributed by atoms with Gasteiger partial charge in [0.15, 0.2) is 0 Å². The molecule has 9 aromatic rings. The van der Waals surface area contributed by atoms with Crippen LogP contribution in [0.5, 0.6) is 17.2 Å². The summed E-state index contributed by atoms with van der Waals surface area (Å²) in [5.74, 6) is -0.912. The topological polar surface area (TPSA) is 227 Å². The van der Waals surface area contributed by atoms with Gasteiger partial charge in [0.25, 0.3) is 0 Å². The summed E-state index contributed by atoms with van der Waals surface area (Å²) in [6.45, 7) is 12.7. The SMILES string of the molecule is CN(CCOc1cccc2c(S(=O)(=O)c3ccccc3F)c[nH]c12)C(=O)OC(C)(C)C.CN(CCOc1cccc2c(S(=O)(=O)c3ccccc3F)cn(C)c12)C(=O)OC(C)(C)C.CNCCOc1cccc2c(S(=O)(=O)c3ccccc3F)cn(C)c12. The van der Waals surface area contributed by atoms with Crippen molar-refractivity contribution in [2.24, 2.45) is 14.1 Å². The number of nitrogens with one attached hydrogen (secondary N) is 2. The summed E-state index contributed by atoms with van der Waals surface area (Å²) in [6.07, 6.45) is 3.35. The maximum atomic E-state index is 14.2. The fourth-order valence-corrected chi connectivity index (χ4v) is 13.6. The largest absolute Gasteiger partial charge is 0.490 e. The standard InChI is InChI=1S/C23H27FN2O5S.C22H25FN2O5S.C18H19FN2O3S/c1-23(2,3)31-22(27)25(4)13-14-30-18-11-8-9-16-20(15-26(5)21(16)18)32(28,29)19-12-7-6-10-17(19)24;1-22(2,3)30-21(26)25(4)12-13-29-17-10-7-8-15-19(14-24-20(15)17)31(27,28)18-11-6-5-9-16(18)23;1-20-10-11-24-15-8-5-6-13-17(12-21(2)18(13)15)25(22,23)16-9-4-3-7-14(16)19/h6-12,15H,13-14H2,1-5H3;5-11,14,24H,12-13H2,1-4H3;3-9,12,20H,10-11H2,1-2H3. The lowest BCUT2D eigenvalue weighted by Crippen LogP contribution is -2.36. The molecule has 2 N–H and O–H groups in total. The number of halogens is 3. The molecule has 0 aliphatic carbocycles. The van der Waals surface area contributed by atoms with Gasteiger partial charge in [-0.2, -0.15) is 0 Å². The minimum atomic E-state index is -4.08. The maximum absolute atomic E-state index is 14.2. The van der Waals surface area contributed by atoms with Gasteiger partial charge in [-0.05, 0) is 103 Å². The van der Waals surface area contributed by atoms with Gasteiger partial charge in [-0.25, -0.2) is 48.0 Å². The Hall–Kier alpha value is -8.52. The number of fused-ring (bicyclic) bond motifs is 3. The van der Waals surface area contributed by atoms with E-state index in [0.717, 1.165) is 18.2 Å². The molecule has 0 radical (unpaired) electrons. The van der Waals surface area contributed by atoms with Gasteiger partial charge >= 0.3 is 12.2 Å². The van der Waals surface area contributed by atoms with E-state index in [0.29, 0.717) is 63.1 Å². The highest BCUT2D eigenvalue weighted by Gasteiger charge is 2.30. The van der Waals surface area contributed by atoms with Crippen LogP contribution in [0.25, 0.3) is 32.7 Å². The lowest BCUT2D eigenvalue weighted by Gasteiger charge is -2.24. The van der Waals surface area contributed by atoms with Gasteiger partial charge in [0.05, 0.1) is 44.3 Å². The van der Waals surface area contributed by atoms with Crippen molar-refractivity contribution in [1.29, 1.82) is 0 Å². The van der Waals surface area contributed by atoms with E-state index < -0.39 is 70.4 Å². The van der Waals surface area contributed by atoms with Gasteiger partial charge in [-0.15, -0.1) is 0 Å². The number of para-hydroxylation sites is 3. The van der Waals surface area contributed by atoms with Gasteiger partial charge in [0, 0.05) is 69.5 Å². The quantitative estimate of drug-likeness (QED) is 0.0762. The zero-order chi connectivity index (χ0) is 64.5. The highest BCUT2D eigenvalue weighted by molar-refractivity contribution is 7.92. The summed E-state index contributed by atoms with van der Waals surface area (Å²) >= 11 is 0. The Morgan fingerprint density at radius 3 is 1.23 bits per heavy atom. The van der Waals surface area contributed by atoms with Gasteiger partial charge in [0.2, 0.25) is 29.5 Å². The molecule has 470 valence electrons. The van der Waals surface area contributed by atoms with Crippen LogP contribution in [-0.2, 0) is 53.1 Å². The third kappa shape index (κ3) is 15.6. The number of ether oxygens (including phenoxy) is 5. The molecule has 3 aromatic heterocycles. The number of H-pyrrole nitrogens is 1. The molecular weight excluding hydrogens is 1200 g/mol. The highest BCUT2D eigenvalue weighted by Crippen LogP contribution is 2.38. The number of carbonyl (C=O) groups is 2. The number of carbonyl (C=O) groups excluding carboxylic acids is 2. The number of rotatable bonds is 18. The van der Waals surface area contributed by atoms with Crippen LogP contribution in [0, 0.1) is 17.5 Å². The first kappa shape index (κ1) is 67.0. The molecule has 9 rings (SSSR count). The monoisotopic (exact) mass is 1270 g/mol. The lowest BCUT2D eigenvalue weighted by atomic mass is 10.2. The molecule has 0 spiro atoms. The summed E-state index contributed by atoms with van der Waals surface area (Å²) in [4.78, 5) is 28.8. The van der Waals surface area contributed by atoms with Crippen LogP contribution in [0.4, 0.5) is 22.8 Å². The summed E-state index contributed by atoms with van der Waals surface area (Å²) < 4.78 is 152. The number of hydrogen-bond donors (Lipinski definition) is 2. The van der Waals surface area contributed by atoms with E-state index in [1.807, 2.05) is 7.05 Å². The van der Waals surface area contributed by atoms with E-state index in [9.17, 15) is 48.0 Å². The summed E-state index contributed by atoms with van der Waals surface area (Å²) in [5, 5.41) is 4.31. The van der Waals surface area contributed by atoms with Crippen LogP contribution in [0.3, 0.4) is 0 Å². The Bertz CT molecular complexity index is 4330. The van der Waals surface area contributed by atoms with Gasteiger partial charge < -0.3 is 52.9 Å². The number of aromatic amines is 1. The third-order valence-electron chi connectivity index (χ3n) is 13.1. The minimum Gasteiger partial charge on any atom is -0.490 e. The normalized spacial score (nSPS) is 12.0. The predicted molar refractivity (Wildman–Crippen MR) is 328 cm³/mol. The number of aromatic nitrogens is 3. The van der Waals surface area contributed by atoms with Crippen LogP contribution in [0.2, 0.25) is 0 Å². The molecule has 88 heavy (non-hydrogen) atoms. The van der Waals surface area contributed by atoms with Crippen LogP contribution in [0.1, 0.15) is 41.5 Å². The van der Waals surface area contributed by atoms with Crippen molar-refractivity contribution in [2.75, 3.05) is 60.6 Å². The van der Waals surface area contributed by atoms with Crippen molar-refractivity contribution in [3.05, 3.63) is 163 Å². The molecule has 0 unspecified atom stereocenters. The Morgan fingerprint density at radius 2 is 0.841 bits per heavy atom. The molecule has 0 atom stereocenters. The predicted octanol–water partition coefficient (Wildman–Crippen LogP) is 11.5. The maximum Gasteiger partial charge on any atom is 0.410 e. The Kier molecular flexibility index (Phi) is 21.1. The minimum absolute atomic E-state index is 0.00331. The second-order valence-electron chi connectivity index (χ2n) is 22.1. The second kappa shape index (κ2) is 27.7. The molecule has 0 saturated heterocycles. The molecule has 25 heteroatoms. The van der Waals surface area contributed by atoms with E-state index in [1.54, 1.807) is 133 Å². The smallest absolute Gasteiger partial charge is 0.410 e. The van der Waals surface area contributed by atoms with Crippen molar-refractivity contribution in [2.45, 2.75) is 82.1 Å². The van der Waals surface area contributed by atoms with Crippen molar-refractivity contribution >= 4 is 74.4 Å². The number of aryl methyl sites for hydroxylation is 2. The molecule has 3 heterocycles. The first-order valence-corrected chi connectivity index (χ1v) is 32.0. The average molecular weight is 1270 g/mol. The first-order valence-electron chi connectivity index (χ1n) is 27.5. The van der Waals surface area contributed by atoms with Gasteiger partial charge in [-0.3, -0.25) is 0 Å².